The van der Waals surface area contributed by atoms with Crippen molar-refractivity contribution in [2.75, 3.05) is 6.26 Å². The molecule has 7 heteroatoms. The highest BCUT2D eigenvalue weighted by molar-refractivity contribution is 8.03. The van der Waals surface area contributed by atoms with Crippen molar-refractivity contribution in [1.82, 2.24) is 10.2 Å². The Balaban J connectivity index is 2.54. The van der Waals surface area contributed by atoms with Crippen LogP contribution in [0.2, 0.25) is 0 Å². The topological polar surface area (TPSA) is 63.1 Å². The van der Waals surface area contributed by atoms with Crippen LogP contribution < -0.4 is 0 Å². The molecule has 84 valence electrons. The van der Waals surface area contributed by atoms with E-state index in [0.29, 0.717) is 0 Å². The average molecular weight is 264 g/mol. The summed E-state index contributed by atoms with van der Waals surface area (Å²) in [5.74, 6) is -0.760. The number of rotatable bonds is 6. The van der Waals surface area contributed by atoms with Gasteiger partial charge >= 0.3 is 5.97 Å². The van der Waals surface area contributed by atoms with Gasteiger partial charge in [-0.1, -0.05) is 41.8 Å². The lowest BCUT2D eigenvalue weighted by atomic mass is 10.2. The first kappa shape index (κ1) is 12.8. The van der Waals surface area contributed by atoms with Gasteiger partial charge in [0.1, 0.15) is 0 Å². The fraction of sp³-hybridized carbons (Fsp3) is 0.625. The number of carboxylic acid groups (broad SMARTS) is 1. The molecule has 0 aliphatic rings. The van der Waals surface area contributed by atoms with Crippen LogP contribution in [-0.4, -0.2) is 32.8 Å². The summed E-state index contributed by atoms with van der Waals surface area (Å²) in [5, 5.41) is 16.7. The van der Waals surface area contributed by atoms with Crippen LogP contribution in [0.4, 0.5) is 0 Å². The summed E-state index contributed by atoms with van der Waals surface area (Å²) in [6.07, 6.45) is 2.95. The van der Waals surface area contributed by atoms with Gasteiger partial charge in [0.2, 0.25) is 0 Å². The highest BCUT2D eigenvalue weighted by atomic mass is 32.2. The van der Waals surface area contributed by atoms with Crippen molar-refractivity contribution in [3.8, 4) is 0 Å². The normalized spacial score (nSPS) is 12.7. The van der Waals surface area contributed by atoms with Crippen LogP contribution >= 0.6 is 34.9 Å². The van der Waals surface area contributed by atoms with Crippen molar-refractivity contribution < 1.29 is 9.90 Å². The Bertz CT molecular complexity index is 329. The van der Waals surface area contributed by atoms with Gasteiger partial charge in [-0.15, -0.1) is 10.2 Å². The summed E-state index contributed by atoms with van der Waals surface area (Å²) >= 11 is 4.57. The van der Waals surface area contributed by atoms with Gasteiger partial charge in [-0.2, -0.15) is 0 Å². The van der Waals surface area contributed by atoms with Crippen molar-refractivity contribution in [2.45, 2.75) is 33.7 Å². The first-order valence-electron chi connectivity index (χ1n) is 4.41. The van der Waals surface area contributed by atoms with Crippen molar-refractivity contribution in [3.05, 3.63) is 0 Å². The highest BCUT2D eigenvalue weighted by Crippen LogP contribution is 2.32. The van der Waals surface area contributed by atoms with Gasteiger partial charge in [0.15, 0.2) is 8.68 Å². The fourth-order valence-corrected chi connectivity index (χ4v) is 3.70. The van der Waals surface area contributed by atoms with Crippen LogP contribution in [0.1, 0.15) is 19.8 Å². The van der Waals surface area contributed by atoms with Gasteiger partial charge < -0.3 is 5.11 Å². The molecule has 1 rings (SSSR count). The van der Waals surface area contributed by atoms with E-state index in [1.54, 1.807) is 11.8 Å². The summed E-state index contributed by atoms with van der Waals surface area (Å²) in [5.41, 5.74) is 0. The van der Waals surface area contributed by atoms with Gasteiger partial charge in [-0.3, -0.25) is 4.79 Å². The Morgan fingerprint density at radius 3 is 2.67 bits per heavy atom. The molecule has 0 aromatic carbocycles. The molecule has 0 fully saturated rings. The fourth-order valence-electron chi connectivity index (χ4n) is 0.934. The number of hydrogen-bond acceptors (Lipinski definition) is 6. The summed E-state index contributed by atoms with van der Waals surface area (Å²) in [7, 11) is 0. The molecule has 0 bridgehead atoms. The smallest absolute Gasteiger partial charge is 0.304 e. The molecule has 4 nitrogen and oxygen atoms in total. The quantitative estimate of drug-likeness (QED) is 0.797. The molecule has 1 atom stereocenters. The molecule has 0 saturated carbocycles. The minimum Gasteiger partial charge on any atom is -0.481 e. The van der Waals surface area contributed by atoms with E-state index in [1.165, 1.54) is 23.1 Å². The predicted octanol–water partition coefficient (Wildman–Crippen LogP) is 2.61. The molecular weight excluding hydrogens is 252 g/mol. The minimum atomic E-state index is -0.760. The second kappa shape index (κ2) is 6.34. The molecule has 0 saturated heterocycles. The molecular formula is C8H12N2O2S3. The van der Waals surface area contributed by atoms with Gasteiger partial charge in [0.05, 0.1) is 6.42 Å². The Morgan fingerprint density at radius 2 is 2.20 bits per heavy atom. The van der Waals surface area contributed by atoms with E-state index in [1.807, 2.05) is 13.2 Å². The van der Waals surface area contributed by atoms with E-state index < -0.39 is 5.97 Å². The third-order valence-electron chi connectivity index (χ3n) is 1.69. The average Bonchev–Trinajstić information content (AvgIpc) is 2.64. The lowest BCUT2D eigenvalue weighted by molar-refractivity contribution is -0.136. The summed E-state index contributed by atoms with van der Waals surface area (Å²) in [4.78, 5) is 10.6. The highest BCUT2D eigenvalue weighted by Gasteiger charge is 2.15. The van der Waals surface area contributed by atoms with Crippen LogP contribution in [0, 0.1) is 0 Å². The minimum absolute atomic E-state index is 0.0881. The number of aliphatic carboxylic acids is 1. The molecule has 0 amide bonds. The zero-order valence-corrected chi connectivity index (χ0v) is 10.9. The lowest BCUT2D eigenvalue weighted by Gasteiger charge is -2.08. The van der Waals surface area contributed by atoms with Crippen molar-refractivity contribution in [3.63, 3.8) is 0 Å². The third kappa shape index (κ3) is 4.40. The van der Waals surface area contributed by atoms with Gasteiger partial charge in [0, 0.05) is 5.25 Å². The van der Waals surface area contributed by atoms with E-state index in [-0.39, 0.29) is 11.7 Å². The third-order valence-corrected chi connectivity index (χ3v) is 5.04. The predicted molar refractivity (Wildman–Crippen MR) is 63.9 cm³/mol. The first-order chi connectivity index (χ1) is 7.15. The van der Waals surface area contributed by atoms with Gasteiger partial charge in [0.25, 0.3) is 0 Å². The number of carbonyl (C=O) groups is 1. The van der Waals surface area contributed by atoms with E-state index in [0.717, 1.165) is 15.1 Å². The Hall–Kier alpha value is -0.270. The van der Waals surface area contributed by atoms with Crippen LogP contribution in [0.15, 0.2) is 8.68 Å². The van der Waals surface area contributed by atoms with Crippen molar-refractivity contribution in [1.29, 1.82) is 0 Å². The standard InChI is InChI=1S/C8H12N2O2S3/c1-3-5(4-6(11)12)14-8-10-9-7(13-2)15-8/h5H,3-4H2,1-2H3,(H,11,12). The van der Waals surface area contributed by atoms with Crippen LogP contribution in [0.25, 0.3) is 0 Å². The molecule has 1 unspecified atom stereocenters. The molecule has 1 aromatic rings. The largest absolute Gasteiger partial charge is 0.481 e. The zero-order chi connectivity index (χ0) is 11.3. The molecule has 0 aliphatic heterocycles. The number of thioether (sulfide) groups is 2. The SMILES string of the molecule is CCC(CC(=O)O)Sc1nnc(SC)s1. The number of hydrogen-bond donors (Lipinski definition) is 1. The van der Waals surface area contributed by atoms with Crippen LogP contribution in [-0.2, 0) is 4.79 Å². The van der Waals surface area contributed by atoms with E-state index >= 15 is 0 Å². The van der Waals surface area contributed by atoms with E-state index in [2.05, 4.69) is 10.2 Å². The molecule has 1 N–H and O–H groups in total. The van der Waals surface area contributed by atoms with Crippen LogP contribution in [0.3, 0.4) is 0 Å². The molecule has 1 aromatic heterocycles. The summed E-state index contributed by atoms with van der Waals surface area (Å²) in [6, 6.07) is 0. The Labute approximate surface area is 101 Å². The Kier molecular flexibility index (Phi) is 5.41. The lowest BCUT2D eigenvalue weighted by Crippen LogP contribution is -2.08. The zero-order valence-electron chi connectivity index (χ0n) is 8.47. The summed E-state index contributed by atoms with van der Waals surface area (Å²) in [6.45, 7) is 1.98. The monoisotopic (exact) mass is 264 g/mol. The molecule has 15 heavy (non-hydrogen) atoms. The second-order valence-electron chi connectivity index (χ2n) is 2.78. The second-order valence-corrected chi connectivity index (χ2v) is 6.36. The number of carboxylic acids is 1. The van der Waals surface area contributed by atoms with E-state index in [9.17, 15) is 4.79 Å². The number of nitrogens with zero attached hydrogens (tertiary/aromatic N) is 2. The van der Waals surface area contributed by atoms with Crippen molar-refractivity contribution >= 4 is 40.8 Å². The van der Waals surface area contributed by atoms with Gasteiger partial charge in [-0.25, -0.2) is 0 Å². The maximum absolute atomic E-state index is 10.6. The first-order valence-corrected chi connectivity index (χ1v) is 7.33. The maximum Gasteiger partial charge on any atom is 0.304 e. The van der Waals surface area contributed by atoms with Crippen LogP contribution in [0.5, 0.6) is 0 Å². The molecule has 0 aliphatic carbocycles. The molecule has 0 radical (unpaired) electrons. The van der Waals surface area contributed by atoms with Crippen molar-refractivity contribution in [2.24, 2.45) is 0 Å². The molecule has 0 spiro atoms. The van der Waals surface area contributed by atoms with E-state index in [4.69, 9.17) is 5.11 Å². The Morgan fingerprint density at radius 1 is 1.53 bits per heavy atom. The van der Waals surface area contributed by atoms with Gasteiger partial charge in [-0.05, 0) is 12.7 Å². The maximum atomic E-state index is 10.6. The summed E-state index contributed by atoms with van der Waals surface area (Å²) < 4.78 is 1.77. The number of aromatic nitrogens is 2. The molecule has 1 heterocycles.